The van der Waals surface area contributed by atoms with E-state index in [2.05, 4.69) is 10.2 Å². The molecule has 0 aliphatic rings. The van der Waals surface area contributed by atoms with E-state index in [1.165, 1.54) is 52.3 Å². The molecule has 0 saturated heterocycles. The predicted molar refractivity (Wildman–Crippen MR) is 156 cm³/mol. The van der Waals surface area contributed by atoms with Gasteiger partial charge in [0.05, 0.1) is 24.9 Å². The molecular weight excluding hydrogens is 549 g/mol. The fourth-order valence-electron chi connectivity index (χ4n) is 5.14. The molecule has 0 fully saturated rings. The average Bonchev–Trinajstić information content (AvgIpc) is 3.56. The number of fused-ring (bicyclic) bond motifs is 1. The topological polar surface area (TPSA) is 121 Å². The van der Waals surface area contributed by atoms with E-state index in [4.69, 9.17) is 4.74 Å². The van der Waals surface area contributed by atoms with Gasteiger partial charge in [-0.1, -0.05) is 25.2 Å². The number of benzene rings is 1. The first-order valence-electron chi connectivity index (χ1n) is 13.6. The molecule has 0 saturated carbocycles. The van der Waals surface area contributed by atoms with E-state index in [0.717, 1.165) is 4.57 Å². The Morgan fingerprint density at radius 3 is 2.44 bits per heavy atom. The number of carbonyl (C=O) groups excluding carboxylic acids is 1. The minimum absolute atomic E-state index is 0.0431. The average molecular weight is 586 g/mol. The maximum Gasteiger partial charge on any atom is 0.332 e. The van der Waals surface area contributed by atoms with E-state index in [1.54, 1.807) is 20.8 Å². The number of halogens is 1. The highest BCUT2D eigenvalue weighted by atomic mass is 32.1. The summed E-state index contributed by atoms with van der Waals surface area (Å²) >= 11 is 1.21. The lowest BCUT2D eigenvalue weighted by Crippen LogP contribution is -2.52. The van der Waals surface area contributed by atoms with Gasteiger partial charge in [0, 0.05) is 30.7 Å². The molecule has 0 unspecified atom stereocenters. The summed E-state index contributed by atoms with van der Waals surface area (Å²) in [4.78, 5) is 43.3. The van der Waals surface area contributed by atoms with Crippen LogP contribution in [0.1, 0.15) is 57.2 Å². The summed E-state index contributed by atoms with van der Waals surface area (Å²) in [6.07, 6.45) is 4.11. The first-order valence-corrected chi connectivity index (χ1v) is 14.4. The number of ketones is 1. The summed E-state index contributed by atoms with van der Waals surface area (Å²) in [6.45, 7) is 8.76. The molecule has 3 heterocycles. The molecule has 0 atom stereocenters. The largest absolute Gasteiger partial charge is 0.496 e. The van der Waals surface area contributed by atoms with Crippen LogP contribution in [0.15, 0.2) is 34.1 Å². The second kappa shape index (κ2) is 12.1. The highest BCUT2D eigenvalue weighted by molar-refractivity contribution is 7.21. The Hall–Kier alpha value is -3.64. The van der Waals surface area contributed by atoms with Crippen molar-refractivity contribution in [3.8, 4) is 10.8 Å². The Labute approximate surface area is 241 Å². The SMILES string of the molecule is COc1ccc(F)c(CCCO)c1CCn1c(=O)n(C(C)(C)C(=O)CC(C)C)c(=O)c2c(C)c(-n3nccn3)sc21. The monoisotopic (exact) mass is 585 g/mol. The van der Waals surface area contributed by atoms with Crippen molar-refractivity contribution in [1.82, 2.24) is 24.1 Å². The molecule has 0 bridgehead atoms. The Morgan fingerprint density at radius 1 is 1.15 bits per heavy atom. The van der Waals surface area contributed by atoms with Crippen molar-refractivity contribution in [2.45, 2.75) is 72.4 Å². The molecule has 0 aliphatic carbocycles. The smallest absolute Gasteiger partial charge is 0.332 e. The molecule has 220 valence electrons. The molecule has 0 aliphatic heterocycles. The number of aliphatic hydroxyl groups is 1. The van der Waals surface area contributed by atoms with Gasteiger partial charge in [0.15, 0.2) is 5.78 Å². The van der Waals surface area contributed by atoms with E-state index >= 15 is 0 Å². The molecule has 41 heavy (non-hydrogen) atoms. The summed E-state index contributed by atoms with van der Waals surface area (Å²) in [5.41, 5.74) is -1.01. The number of rotatable bonds is 12. The molecule has 10 nitrogen and oxygen atoms in total. The summed E-state index contributed by atoms with van der Waals surface area (Å²) < 4.78 is 23.0. The minimum Gasteiger partial charge on any atom is -0.496 e. The first-order chi connectivity index (χ1) is 19.4. The molecule has 1 aromatic carbocycles. The van der Waals surface area contributed by atoms with Crippen LogP contribution in [-0.2, 0) is 29.7 Å². The first kappa shape index (κ1) is 30.3. The molecule has 4 rings (SSSR count). The van der Waals surface area contributed by atoms with Crippen LogP contribution in [-0.4, -0.2) is 48.7 Å². The van der Waals surface area contributed by atoms with Gasteiger partial charge in [-0.05, 0) is 63.6 Å². The van der Waals surface area contributed by atoms with E-state index < -0.39 is 22.6 Å². The molecule has 0 spiro atoms. The van der Waals surface area contributed by atoms with Crippen molar-refractivity contribution >= 4 is 27.3 Å². The van der Waals surface area contributed by atoms with Crippen LogP contribution < -0.4 is 16.0 Å². The van der Waals surface area contributed by atoms with Gasteiger partial charge in [0.2, 0.25) is 0 Å². The fourth-order valence-corrected chi connectivity index (χ4v) is 6.38. The highest BCUT2D eigenvalue weighted by Crippen LogP contribution is 2.32. The lowest BCUT2D eigenvalue weighted by Gasteiger charge is -2.27. The molecule has 3 aromatic heterocycles. The van der Waals surface area contributed by atoms with E-state index in [0.29, 0.717) is 50.5 Å². The standard InChI is InChI=1S/C29H36FN5O5S/c1-17(2)16-23(37)29(4,5)34-25(38)24-18(3)26(35-31-12-13-32-35)41-27(24)33(28(34)39)14-11-20-19(8-7-15-36)21(30)9-10-22(20)40-6/h9-10,12-13,17,36H,7-8,11,14-16H2,1-6H3. The van der Waals surface area contributed by atoms with Crippen molar-refractivity contribution < 1.29 is 19.0 Å². The number of methoxy groups -OCH3 is 1. The van der Waals surface area contributed by atoms with Crippen LogP contribution in [0.4, 0.5) is 4.39 Å². The van der Waals surface area contributed by atoms with Crippen molar-refractivity contribution in [3.05, 3.63) is 67.9 Å². The lowest BCUT2D eigenvalue weighted by molar-refractivity contribution is -0.127. The van der Waals surface area contributed by atoms with Gasteiger partial charge in [0.1, 0.15) is 26.9 Å². The van der Waals surface area contributed by atoms with Crippen LogP contribution in [0.25, 0.3) is 15.2 Å². The zero-order chi connectivity index (χ0) is 30.1. The summed E-state index contributed by atoms with van der Waals surface area (Å²) in [7, 11) is 1.49. The van der Waals surface area contributed by atoms with E-state index in [1.807, 2.05) is 13.8 Å². The third kappa shape index (κ3) is 5.62. The number of aryl methyl sites for hydroxylation is 2. The van der Waals surface area contributed by atoms with Gasteiger partial charge < -0.3 is 9.84 Å². The Morgan fingerprint density at radius 2 is 1.83 bits per heavy atom. The number of Topliss-reactive ketones (excluding diaryl/α,β-unsaturated/α-hetero) is 1. The normalized spacial score (nSPS) is 12.0. The van der Waals surface area contributed by atoms with Crippen molar-refractivity contribution in [3.63, 3.8) is 0 Å². The van der Waals surface area contributed by atoms with Crippen LogP contribution in [0, 0.1) is 18.7 Å². The molecule has 1 N–H and O–H groups in total. The number of carbonyl (C=O) groups is 1. The maximum atomic E-state index is 14.9. The second-order valence-electron chi connectivity index (χ2n) is 11.0. The molecule has 0 radical (unpaired) electrons. The van der Waals surface area contributed by atoms with Crippen molar-refractivity contribution in [2.75, 3.05) is 13.7 Å². The highest BCUT2D eigenvalue weighted by Gasteiger charge is 2.35. The number of ether oxygens (including phenoxy) is 1. The number of aromatic nitrogens is 5. The molecule has 0 amide bonds. The van der Waals surface area contributed by atoms with Gasteiger partial charge in [-0.25, -0.2) is 13.8 Å². The van der Waals surface area contributed by atoms with Gasteiger partial charge >= 0.3 is 5.69 Å². The third-order valence-electron chi connectivity index (χ3n) is 7.34. The van der Waals surface area contributed by atoms with E-state index in [-0.39, 0.29) is 37.7 Å². The number of thiophene rings is 1. The minimum atomic E-state index is -1.41. The number of hydrogen-bond donors (Lipinski definition) is 1. The van der Waals surface area contributed by atoms with Gasteiger partial charge in [-0.15, -0.1) is 4.80 Å². The van der Waals surface area contributed by atoms with Crippen LogP contribution in [0.3, 0.4) is 0 Å². The summed E-state index contributed by atoms with van der Waals surface area (Å²) in [5.74, 6) is -0.136. The molecule has 12 heteroatoms. The summed E-state index contributed by atoms with van der Waals surface area (Å²) in [6, 6.07) is 2.87. The quantitative estimate of drug-likeness (QED) is 0.269. The second-order valence-corrected chi connectivity index (χ2v) is 11.9. The number of hydrogen-bond acceptors (Lipinski definition) is 8. The molecule has 4 aromatic rings. The predicted octanol–water partition coefficient (Wildman–Crippen LogP) is 3.78. The zero-order valence-corrected chi connectivity index (χ0v) is 25.0. The Bertz CT molecular complexity index is 1680. The maximum absolute atomic E-state index is 14.9. The molecular formula is C29H36FN5O5S. The van der Waals surface area contributed by atoms with Crippen molar-refractivity contribution in [2.24, 2.45) is 5.92 Å². The van der Waals surface area contributed by atoms with E-state index in [9.17, 15) is 23.9 Å². The van der Waals surface area contributed by atoms with Crippen LogP contribution in [0.2, 0.25) is 0 Å². The van der Waals surface area contributed by atoms with Crippen LogP contribution in [0.5, 0.6) is 5.75 Å². The van der Waals surface area contributed by atoms with Crippen LogP contribution >= 0.6 is 11.3 Å². The summed E-state index contributed by atoms with van der Waals surface area (Å²) in [5, 5.41) is 18.7. The zero-order valence-electron chi connectivity index (χ0n) is 24.2. The Balaban J connectivity index is 1.96. The number of nitrogens with zero attached hydrogens (tertiary/aromatic N) is 5. The Kier molecular flexibility index (Phi) is 8.93. The lowest BCUT2D eigenvalue weighted by atomic mass is 9.91. The van der Waals surface area contributed by atoms with Gasteiger partial charge in [-0.3, -0.25) is 14.2 Å². The fraction of sp³-hybridized carbons (Fsp3) is 0.483. The third-order valence-corrected chi connectivity index (χ3v) is 8.62. The van der Waals surface area contributed by atoms with Gasteiger partial charge in [-0.2, -0.15) is 10.2 Å². The van der Waals surface area contributed by atoms with Gasteiger partial charge in [0.25, 0.3) is 5.56 Å². The number of aliphatic hydroxyl groups excluding tert-OH is 1. The van der Waals surface area contributed by atoms with Crippen molar-refractivity contribution in [1.29, 1.82) is 0 Å².